The van der Waals surface area contributed by atoms with Crippen molar-refractivity contribution in [1.29, 1.82) is 0 Å². The smallest absolute Gasteiger partial charge is 0.225 e. The highest BCUT2D eigenvalue weighted by atomic mass is 32.1. The van der Waals surface area contributed by atoms with Crippen LogP contribution < -0.4 is 4.90 Å². The van der Waals surface area contributed by atoms with Gasteiger partial charge >= 0.3 is 0 Å². The zero-order valence-electron chi connectivity index (χ0n) is 11.6. The van der Waals surface area contributed by atoms with Crippen molar-refractivity contribution in [2.45, 2.75) is 64.5 Å². The number of anilines is 1. The number of hydrogen-bond donors (Lipinski definition) is 1. The van der Waals surface area contributed by atoms with E-state index in [0.29, 0.717) is 12.1 Å². The van der Waals surface area contributed by atoms with Gasteiger partial charge in [-0.3, -0.25) is 4.57 Å². The number of nitrogens with one attached hydrogen (secondary N) is 1. The summed E-state index contributed by atoms with van der Waals surface area (Å²) < 4.78 is 3.01. The summed E-state index contributed by atoms with van der Waals surface area (Å²) in [5.41, 5.74) is 0. The van der Waals surface area contributed by atoms with Gasteiger partial charge in [-0.1, -0.05) is 26.7 Å². The fraction of sp³-hybridized carbons (Fsp3) is 0.846. The van der Waals surface area contributed by atoms with E-state index in [4.69, 9.17) is 12.2 Å². The molecule has 1 heterocycles. The molecule has 1 aliphatic carbocycles. The Morgan fingerprint density at radius 3 is 2.56 bits per heavy atom. The van der Waals surface area contributed by atoms with Crippen LogP contribution in [-0.4, -0.2) is 27.9 Å². The summed E-state index contributed by atoms with van der Waals surface area (Å²) >= 11 is 5.41. The second-order valence-corrected chi connectivity index (χ2v) is 5.60. The van der Waals surface area contributed by atoms with Crippen LogP contribution in [-0.2, 0) is 0 Å². The monoisotopic (exact) mass is 268 g/mol. The van der Waals surface area contributed by atoms with Gasteiger partial charge in [0.2, 0.25) is 5.95 Å². The van der Waals surface area contributed by atoms with Gasteiger partial charge in [0, 0.05) is 19.1 Å². The van der Waals surface area contributed by atoms with E-state index in [2.05, 4.69) is 40.6 Å². The Morgan fingerprint density at radius 1 is 1.39 bits per heavy atom. The van der Waals surface area contributed by atoms with Crippen molar-refractivity contribution in [3.8, 4) is 0 Å². The number of aromatic nitrogens is 3. The van der Waals surface area contributed by atoms with E-state index in [9.17, 15) is 0 Å². The Hall–Kier alpha value is -0.840. The molecule has 0 bridgehead atoms. The summed E-state index contributed by atoms with van der Waals surface area (Å²) in [5, 5.41) is 7.42. The van der Waals surface area contributed by atoms with Crippen molar-refractivity contribution in [2.24, 2.45) is 0 Å². The Labute approximate surface area is 114 Å². The lowest BCUT2D eigenvalue weighted by molar-refractivity contribution is 0.492. The van der Waals surface area contributed by atoms with Crippen molar-refractivity contribution in [3.63, 3.8) is 0 Å². The largest absolute Gasteiger partial charge is 0.341 e. The fourth-order valence-electron chi connectivity index (χ4n) is 3.04. The second kappa shape index (κ2) is 5.87. The van der Waals surface area contributed by atoms with Gasteiger partial charge in [0.15, 0.2) is 4.77 Å². The van der Waals surface area contributed by atoms with Crippen LogP contribution in [0.25, 0.3) is 0 Å². The van der Waals surface area contributed by atoms with E-state index in [-0.39, 0.29) is 0 Å². The first-order valence-corrected chi connectivity index (χ1v) is 7.49. The zero-order valence-corrected chi connectivity index (χ0v) is 12.5. The number of nitrogens with zero attached hydrogens (tertiary/aromatic N) is 3. The van der Waals surface area contributed by atoms with Crippen LogP contribution in [0.15, 0.2) is 0 Å². The van der Waals surface area contributed by atoms with Gasteiger partial charge in [-0.25, -0.2) is 5.10 Å². The maximum Gasteiger partial charge on any atom is 0.225 e. The maximum absolute atomic E-state index is 5.41. The zero-order chi connectivity index (χ0) is 13.1. The molecule has 1 N–H and O–H groups in total. The summed E-state index contributed by atoms with van der Waals surface area (Å²) in [7, 11) is 2.13. The molecule has 0 saturated heterocycles. The highest BCUT2D eigenvalue weighted by molar-refractivity contribution is 7.71. The lowest BCUT2D eigenvalue weighted by atomic mass is 10.1. The molecule has 102 valence electrons. The van der Waals surface area contributed by atoms with Gasteiger partial charge < -0.3 is 4.90 Å². The molecule has 0 unspecified atom stereocenters. The molecular formula is C13H24N4S. The molecule has 1 aliphatic rings. The van der Waals surface area contributed by atoms with Crippen LogP contribution >= 0.6 is 12.2 Å². The van der Waals surface area contributed by atoms with Crippen molar-refractivity contribution in [2.75, 3.05) is 11.9 Å². The highest BCUT2D eigenvalue weighted by Crippen LogP contribution is 2.33. The van der Waals surface area contributed by atoms with E-state index in [0.717, 1.165) is 23.6 Å². The molecule has 2 rings (SSSR count). The maximum atomic E-state index is 5.41. The van der Waals surface area contributed by atoms with Crippen LogP contribution in [0, 0.1) is 4.77 Å². The molecule has 1 saturated carbocycles. The van der Waals surface area contributed by atoms with Gasteiger partial charge in [-0.15, -0.1) is 5.10 Å². The van der Waals surface area contributed by atoms with Crippen molar-refractivity contribution < 1.29 is 0 Å². The first-order valence-electron chi connectivity index (χ1n) is 7.08. The third kappa shape index (κ3) is 2.46. The van der Waals surface area contributed by atoms with Crippen LogP contribution in [0.3, 0.4) is 0 Å². The van der Waals surface area contributed by atoms with Crippen LogP contribution in [0.1, 0.15) is 58.4 Å². The van der Waals surface area contributed by atoms with E-state index in [1.807, 2.05) is 0 Å². The standard InChI is InChI=1S/C13H24N4S/c1-4-10(5-2)16(3)12-14-15-13(18)17(12)11-8-6-7-9-11/h10-11H,4-9H2,1-3H3,(H,15,18). The third-order valence-corrected chi connectivity index (χ3v) is 4.47. The predicted molar refractivity (Wildman–Crippen MR) is 77.7 cm³/mol. The Bertz CT molecular complexity index is 426. The molecule has 0 amide bonds. The van der Waals surface area contributed by atoms with E-state index >= 15 is 0 Å². The van der Waals surface area contributed by atoms with Crippen molar-refractivity contribution in [3.05, 3.63) is 4.77 Å². The normalized spacial score (nSPS) is 16.7. The Balaban J connectivity index is 2.30. The summed E-state index contributed by atoms with van der Waals surface area (Å²) in [6, 6.07) is 1.08. The minimum atomic E-state index is 0.537. The highest BCUT2D eigenvalue weighted by Gasteiger charge is 2.24. The van der Waals surface area contributed by atoms with Crippen molar-refractivity contribution >= 4 is 18.2 Å². The van der Waals surface area contributed by atoms with Crippen molar-refractivity contribution in [1.82, 2.24) is 14.8 Å². The van der Waals surface area contributed by atoms with E-state index in [1.54, 1.807) is 0 Å². The molecular weight excluding hydrogens is 244 g/mol. The first-order chi connectivity index (χ1) is 8.69. The average Bonchev–Trinajstić information content (AvgIpc) is 2.99. The molecule has 1 fully saturated rings. The fourth-order valence-corrected chi connectivity index (χ4v) is 3.31. The SMILES string of the molecule is CCC(CC)N(C)c1n[nH]c(=S)n1C1CCCC1. The second-order valence-electron chi connectivity index (χ2n) is 5.22. The topological polar surface area (TPSA) is 36.9 Å². The molecule has 1 aromatic rings. The van der Waals surface area contributed by atoms with Gasteiger partial charge in [0.25, 0.3) is 0 Å². The minimum absolute atomic E-state index is 0.537. The van der Waals surface area contributed by atoms with Gasteiger partial charge in [0.1, 0.15) is 0 Å². The number of hydrogen-bond acceptors (Lipinski definition) is 3. The van der Waals surface area contributed by atoms with Gasteiger partial charge in [-0.2, -0.15) is 0 Å². The molecule has 0 aromatic carbocycles. The number of H-pyrrole nitrogens is 1. The molecule has 0 aliphatic heterocycles. The number of rotatable bonds is 5. The third-order valence-electron chi connectivity index (χ3n) is 4.18. The molecule has 0 atom stereocenters. The molecule has 1 aromatic heterocycles. The van der Waals surface area contributed by atoms with E-state index < -0.39 is 0 Å². The molecule has 0 spiro atoms. The van der Waals surface area contributed by atoms with Crippen LogP contribution in [0.4, 0.5) is 5.95 Å². The Morgan fingerprint density at radius 2 is 2.00 bits per heavy atom. The summed E-state index contributed by atoms with van der Waals surface area (Å²) in [6.07, 6.45) is 7.36. The number of aromatic amines is 1. The molecule has 5 heteroatoms. The molecule has 18 heavy (non-hydrogen) atoms. The quantitative estimate of drug-likeness (QED) is 0.828. The lowest BCUT2D eigenvalue weighted by Gasteiger charge is -2.28. The van der Waals surface area contributed by atoms with Gasteiger partial charge in [0.05, 0.1) is 0 Å². The van der Waals surface area contributed by atoms with Crippen LogP contribution in [0.5, 0.6) is 0 Å². The molecule has 4 nitrogen and oxygen atoms in total. The Kier molecular flexibility index (Phi) is 4.43. The van der Waals surface area contributed by atoms with E-state index in [1.165, 1.54) is 25.7 Å². The molecule has 0 radical (unpaired) electrons. The van der Waals surface area contributed by atoms with Gasteiger partial charge in [-0.05, 0) is 37.9 Å². The average molecular weight is 268 g/mol. The summed E-state index contributed by atoms with van der Waals surface area (Å²) in [5.74, 6) is 1.01. The predicted octanol–water partition coefficient (Wildman–Crippen LogP) is 3.68. The summed E-state index contributed by atoms with van der Waals surface area (Å²) in [4.78, 5) is 2.28. The first kappa shape index (κ1) is 13.6. The van der Waals surface area contributed by atoms with Crippen LogP contribution in [0.2, 0.25) is 0 Å². The minimum Gasteiger partial charge on any atom is -0.341 e. The lowest BCUT2D eigenvalue weighted by Crippen LogP contribution is -2.33. The summed E-state index contributed by atoms with van der Waals surface area (Å²) in [6.45, 7) is 4.46.